The monoisotopic (exact) mass is 222 g/mol. The number of rotatable bonds is 7. The predicted molar refractivity (Wildman–Crippen MR) is 68.8 cm³/mol. The van der Waals surface area contributed by atoms with Crippen LogP contribution in [-0.2, 0) is 0 Å². The van der Waals surface area contributed by atoms with Gasteiger partial charge in [0, 0.05) is 13.1 Å². The van der Waals surface area contributed by atoms with Gasteiger partial charge in [-0.1, -0.05) is 27.2 Å². The Bertz CT molecular complexity index is 301. The van der Waals surface area contributed by atoms with E-state index in [2.05, 4.69) is 41.4 Å². The molecule has 0 amide bonds. The van der Waals surface area contributed by atoms with Gasteiger partial charge in [-0.25, -0.2) is 4.98 Å². The number of nitrogens with zero attached hydrogens (tertiary/aromatic N) is 2. The number of anilines is 2. The summed E-state index contributed by atoms with van der Waals surface area (Å²) in [6.07, 6.45) is 5.78. The maximum Gasteiger partial charge on any atom is 0.146 e. The van der Waals surface area contributed by atoms with Crippen LogP contribution in [0.15, 0.2) is 12.4 Å². The molecule has 1 rings (SSSR count). The quantitative estimate of drug-likeness (QED) is 0.745. The van der Waals surface area contributed by atoms with Crippen molar-refractivity contribution in [2.24, 2.45) is 5.92 Å². The maximum atomic E-state index is 4.43. The molecule has 0 fully saturated rings. The molecule has 1 aromatic heterocycles. The van der Waals surface area contributed by atoms with E-state index >= 15 is 0 Å². The summed E-state index contributed by atoms with van der Waals surface area (Å²) in [5.41, 5.74) is 0. The fraction of sp³-hybridized carbons (Fsp3) is 0.667. The SMILES string of the molecule is CCCNc1cncc(NCC(C)CC)n1. The highest BCUT2D eigenvalue weighted by atomic mass is 15.1. The molecule has 2 N–H and O–H groups in total. The molecule has 1 aromatic rings. The summed E-state index contributed by atoms with van der Waals surface area (Å²) in [4.78, 5) is 8.59. The minimum Gasteiger partial charge on any atom is -0.369 e. The molecule has 1 unspecified atom stereocenters. The van der Waals surface area contributed by atoms with Crippen molar-refractivity contribution in [3.8, 4) is 0 Å². The third kappa shape index (κ3) is 4.47. The zero-order chi connectivity index (χ0) is 11.8. The molecule has 1 heterocycles. The summed E-state index contributed by atoms with van der Waals surface area (Å²) in [6.45, 7) is 8.42. The van der Waals surface area contributed by atoms with Crippen LogP contribution in [0.1, 0.15) is 33.6 Å². The van der Waals surface area contributed by atoms with Crippen LogP contribution in [0.25, 0.3) is 0 Å². The van der Waals surface area contributed by atoms with Crippen molar-refractivity contribution in [1.82, 2.24) is 9.97 Å². The van der Waals surface area contributed by atoms with Gasteiger partial charge in [0.25, 0.3) is 0 Å². The fourth-order valence-corrected chi connectivity index (χ4v) is 1.21. The molecule has 0 aliphatic heterocycles. The summed E-state index contributed by atoms with van der Waals surface area (Å²) < 4.78 is 0. The number of hydrogen-bond acceptors (Lipinski definition) is 4. The maximum absolute atomic E-state index is 4.43. The average Bonchev–Trinajstić information content (AvgIpc) is 2.34. The zero-order valence-electron chi connectivity index (χ0n) is 10.5. The molecule has 0 saturated carbocycles. The second-order valence-electron chi connectivity index (χ2n) is 4.11. The Morgan fingerprint density at radius 1 is 1.19 bits per heavy atom. The van der Waals surface area contributed by atoms with Crippen molar-refractivity contribution >= 4 is 11.6 Å². The van der Waals surface area contributed by atoms with Crippen LogP contribution in [0, 0.1) is 5.92 Å². The highest BCUT2D eigenvalue weighted by molar-refractivity contribution is 5.41. The van der Waals surface area contributed by atoms with Gasteiger partial charge in [0.15, 0.2) is 0 Å². The normalized spacial score (nSPS) is 12.2. The van der Waals surface area contributed by atoms with Gasteiger partial charge >= 0.3 is 0 Å². The van der Waals surface area contributed by atoms with E-state index in [1.165, 1.54) is 6.42 Å². The Morgan fingerprint density at radius 3 is 2.50 bits per heavy atom. The van der Waals surface area contributed by atoms with Crippen LogP contribution in [0.5, 0.6) is 0 Å². The van der Waals surface area contributed by atoms with Gasteiger partial charge in [0.1, 0.15) is 11.6 Å². The largest absolute Gasteiger partial charge is 0.369 e. The van der Waals surface area contributed by atoms with Crippen molar-refractivity contribution < 1.29 is 0 Å². The smallest absolute Gasteiger partial charge is 0.146 e. The van der Waals surface area contributed by atoms with Crippen molar-refractivity contribution in [2.45, 2.75) is 33.6 Å². The lowest BCUT2D eigenvalue weighted by Crippen LogP contribution is -2.12. The minimum absolute atomic E-state index is 0.661. The van der Waals surface area contributed by atoms with Crippen LogP contribution < -0.4 is 10.6 Å². The molecule has 0 aliphatic carbocycles. The third-order valence-electron chi connectivity index (χ3n) is 2.52. The molecule has 0 radical (unpaired) electrons. The van der Waals surface area contributed by atoms with Gasteiger partial charge in [-0.2, -0.15) is 0 Å². The first-order chi connectivity index (χ1) is 7.76. The lowest BCUT2D eigenvalue weighted by Gasteiger charge is -2.11. The Hall–Kier alpha value is -1.32. The first-order valence-electron chi connectivity index (χ1n) is 6.06. The summed E-state index contributed by atoms with van der Waals surface area (Å²) >= 11 is 0. The lowest BCUT2D eigenvalue weighted by atomic mass is 10.1. The van der Waals surface area contributed by atoms with Gasteiger partial charge in [-0.3, -0.25) is 4.98 Å². The zero-order valence-corrected chi connectivity index (χ0v) is 10.5. The van der Waals surface area contributed by atoms with E-state index < -0.39 is 0 Å². The predicted octanol–water partition coefficient (Wildman–Crippen LogP) is 2.76. The van der Waals surface area contributed by atoms with E-state index in [-0.39, 0.29) is 0 Å². The van der Waals surface area contributed by atoms with E-state index in [1.807, 2.05) is 0 Å². The van der Waals surface area contributed by atoms with Gasteiger partial charge in [-0.15, -0.1) is 0 Å². The Kier molecular flexibility index (Phi) is 5.61. The number of nitrogens with one attached hydrogen (secondary N) is 2. The van der Waals surface area contributed by atoms with E-state index in [0.717, 1.165) is 31.1 Å². The number of hydrogen-bond donors (Lipinski definition) is 2. The van der Waals surface area contributed by atoms with E-state index in [1.54, 1.807) is 12.4 Å². The highest BCUT2D eigenvalue weighted by Crippen LogP contribution is 2.08. The summed E-state index contributed by atoms with van der Waals surface area (Å²) in [5, 5.41) is 6.52. The Balaban J connectivity index is 2.46. The van der Waals surface area contributed by atoms with Crippen LogP contribution in [0.2, 0.25) is 0 Å². The number of aromatic nitrogens is 2. The van der Waals surface area contributed by atoms with Crippen molar-refractivity contribution in [2.75, 3.05) is 23.7 Å². The summed E-state index contributed by atoms with van der Waals surface area (Å²) in [6, 6.07) is 0. The Labute approximate surface area is 97.9 Å². The van der Waals surface area contributed by atoms with Crippen molar-refractivity contribution in [1.29, 1.82) is 0 Å². The second-order valence-corrected chi connectivity index (χ2v) is 4.11. The highest BCUT2D eigenvalue weighted by Gasteiger charge is 2.00. The molecule has 0 spiro atoms. The molecule has 0 saturated heterocycles. The topological polar surface area (TPSA) is 49.8 Å². The molecular weight excluding hydrogens is 200 g/mol. The van der Waals surface area contributed by atoms with Crippen LogP contribution in [-0.4, -0.2) is 23.1 Å². The molecular formula is C12H22N4. The molecule has 90 valence electrons. The van der Waals surface area contributed by atoms with Gasteiger partial charge < -0.3 is 10.6 Å². The van der Waals surface area contributed by atoms with Crippen LogP contribution in [0.4, 0.5) is 11.6 Å². The molecule has 0 bridgehead atoms. The first-order valence-corrected chi connectivity index (χ1v) is 6.06. The van der Waals surface area contributed by atoms with Crippen molar-refractivity contribution in [3.63, 3.8) is 0 Å². The van der Waals surface area contributed by atoms with Crippen LogP contribution in [0.3, 0.4) is 0 Å². The van der Waals surface area contributed by atoms with Gasteiger partial charge in [0.2, 0.25) is 0 Å². The molecule has 0 aliphatic rings. The minimum atomic E-state index is 0.661. The molecule has 16 heavy (non-hydrogen) atoms. The van der Waals surface area contributed by atoms with Gasteiger partial charge in [0.05, 0.1) is 12.4 Å². The van der Waals surface area contributed by atoms with Crippen molar-refractivity contribution in [3.05, 3.63) is 12.4 Å². The second kappa shape index (κ2) is 7.04. The molecule has 4 nitrogen and oxygen atoms in total. The molecule has 4 heteroatoms. The third-order valence-corrected chi connectivity index (χ3v) is 2.52. The van der Waals surface area contributed by atoms with Gasteiger partial charge in [-0.05, 0) is 12.3 Å². The molecule has 1 atom stereocenters. The first kappa shape index (κ1) is 12.7. The standard InChI is InChI=1S/C12H22N4/c1-4-6-14-11-8-13-9-12(16-11)15-7-10(3)5-2/h8-10H,4-7H2,1-3H3,(H2,14,15,16). The summed E-state index contributed by atoms with van der Waals surface area (Å²) in [5.74, 6) is 2.35. The van der Waals surface area contributed by atoms with E-state index in [9.17, 15) is 0 Å². The lowest BCUT2D eigenvalue weighted by molar-refractivity contribution is 0.592. The summed E-state index contributed by atoms with van der Waals surface area (Å²) in [7, 11) is 0. The van der Waals surface area contributed by atoms with Crippen LogP contribution >= 0.6 is 0 Å². The average molecular weight is 222 g/mol. The van der Waals surface area contributed by atoms with E-state index in [0.29, 0.717) is 5.92 Å². The molecule has 0 aromatic carbocycles. The Morgan fingerprint density at radius 2 is 1.88 bits per heavy atom. The van der Waals surface area contributed by atoms with E-state index in [4.69, 9.17) is 0 Å². The fourth-order valence-electron chi connectivity index (χ4n) is 1.21.